The fraction of sp³-hybridized carbons (Fsp3) is 0.722. The molecule has 3 rings (SSSR count). The third-order valence-corrected chi connectivity index (χ3v) is 5.16. The van der Waals surface area contributed by atoms with Gasteiger partial charge in [0.15, 0.2) is 0 Å². The van der Waals surface area contributed by atoms with Gasteiger partial charge < -0.3 is 20.2 Å². The van der Waals surface area contributed by atoms with Crippen LogP contribution in [0.15, 0.2) is 16.5 Å². The molecule has 1 atom stereocenters. The Labute approximate surface area is 143 Å². The summed E-state index contributed by atoms with van der Waals surface area (Å²) in [4.78, 5) is 14.6. The van der Waals surface area contributed by atoms with E-state index in [-0.39, 0.29) is 24.2 Å². The zero-order valence-electron chi connectivity index (χ0n) is 14.5. The molecule has 0 bridgehead atoms. The van der Waals surface area contributed by atoms with Crippen molar-refractivity contribution >= 4 is 6.03 Å². The van der Waals surface area contributed by atoms with Crippen LogP contribution in [0.3, 0.4) is 0 Å². The van der Waals surface area contributed by atoms with Crippen molar-refractivity contribution in [3.63, 3.8) is 0 Å². The smallest absolute Gasteiger partial charge is 0.315 e. The first-order chi connectivity index (χ1) is 11.6. The molecule has 2 amide bonds. The number of aliphatic hydroxyl groups excluding tert-OH is 1. The van der Waals surface area contributed by atoms with Crippen molar-refractivity contribution in [1.82, 2.24) is 15.5 Å². The molecule has 3 N–H and O–H groups in total. The summed E-state index contributed by atoms with van der Waals surface area (Å²) in [6.07, 6.45) is 5.44. The summed E-state index contributed by atoms with van der Waals surface area (Å²) in [5, 5.41) is 15.6. The Kier molecular flexibility index (Phi) is 5.79. The quantitative estimate of drug-likeness (QED) is 0.772. The van der Waals surface area contributed by atoms with Crippen LogP contribution in [-0.4, -0.2) is 47.8 Å². The number of nitrogens with one attached hydrogen (secondary N) is 2. The monoisotopic (exact) mass is 335 g/mol. The molecule has 6 heteroatoms. The number of urea groups is 1. The fourth-order valence-corrected chi connectivity index (χ4v) is 3.74. The van der Waals surface area contributed by atoms with Crippen LogP contribution in [0, 0.1) is 6.92 Å². The highest BCUT2D eigenvalue weighted by Crippen LogP contribution is 2.26. The number of furan rings is 1. The summed E-state index contributed by atoms with van der Waals surface area (Å²) in [6, 6.07) is 4.14. The minimum Gasteiger partial charge on any atom is -0.465 e. The van der Waals surface area contributed by atoms with Crippen molar-refractivity contribution < 1.29 is 14.3 Å². The van der Waals surface area contributed by atoms with Crippen molar-refractivity contribution in [2.45, 2.75) is 63.6 Å². The van der Waals surface area contributed by atoms with Crippen LogP contribution in [0.2, 0.25) is 0 Å². The van der Waals surface area contributed by atoms with Crippen LogP contribution in [-0.2, 0) is 0 Å². The molecule has 0 aromatic carbocycles. The Morgan fingerprint density at radius 2 is 2.00 bits per heavy atom. The summed E-state index contributed by atoms with van der Waals surface area (Å²) in [5.74, 6) is 1.83. The van der Waals surface area contributed by atoms with Gasteiger partial charge >= 0.3 is 6.03 Å². The van der Waals surface area contributed by atoms with Crippen LogP contribution in [0.1, 0.15) is 56.1 Å². The van der Waals surface area contributed by atoms with Crippen molar-refractivity contribution in [2.75, 3.05) is 19.6 Å². The SMILES string of the molecule is Cc1ccc(C(CNC(=O)NC2CCC(O)CC2)N2CCCC2)o1. The number of aliphatic hydroxyl groups is 1. The van der Waals surface area contributed by atoms with Gasteiger partial charge in [-0.1, -0.05) is 0 Å². The van der Waals surface area contributed by atoms with E-state index in [1.807, 2.05) is 19.1 Å². The van der Waals surface area contributed by atoms with Crippen LogP contribution in [0.5, 0.6) is 0 Å². The normalized spacial score (nSPS) is 26.2. The Bertz CT molecular complexity index is 531. The number of aryl methyl sites for hydroxylation is 1. The molecule has 1 unspecified atom stereocenters. The van der Waals surface area contributed by atoms with E-state index in [0.29, 0.717) is 6.54 Å². The van der Waals surface area contributed by atoms with Gasteiger partial charge in [0.2, 0.25) is 0 Å². The molecule has 6 nitrogen and oxygen atoms in total. The van der Waals surface area contributed by atoms with Gasteiger partial charge in [0, 0.05) is 12.6 Å². The number of rotatable bonds is 5. The Hall–Kier alpha value is -1.53. The third kappa shape index (κ3) is 4.51. The molecule has 134 valence electrons. The average molecular weight is 335 g/mol. The lowest BCUT2D eigenvalue weighted by Crippen LogP contribution is -2.46. The molecule has 1 aromatic rings. The number of likely N-dealkylation sites (tertiary alicyclic amines) is 1. The second kappa shape index (κ2) is 8.03. The summed E-state index contributed by atoms with van der Waals surface area (Å²) in [5.41, 5.74) is 0. The molecule has 1 saturated carbocycles. The van der Waals surface area contributed by atoms with E-state index in [2.05, 4.69) is 15.5 Å². The highest BCUT2D eigenvalue weighted by Gasteiger charge is 2.27. The maximum absolute atomic E-state index is 12.2. The lowest BCUT2D eigenvalue weighted by atomic mass is 9.93. The van der Waals surface area contributed by atoms with Crippen molar-refractivity contribution in [2.24, 2.45) is 0 Å². The van der Waals surface area contributed by atoms with Crippen molar-refractivity contribution in [1.29, 1.82) is 0 Å². The molecular weight excluding hydrogens is 306 g/mol. The number of nitrogens with zero attached hydrogens (tertiary/aromatic N) is 1. The van der Waals surface area contributed by atoms with E-state index in [4.69, 9.17) is 4.42 Å². The third-order valence-electron chi connectivity index (χ3n) is 5.16. The van der Waals surface area contributed by atoms with Gasteiger partial charge in [-0.05, 0) is 70.7 Å². The van der Waals surface area contributed by atoms with Gasteiger partial charge in [0.25, 0.3) is 0 Å². The van der Waals surface area contributed by atoms with E-state index >= 15 is 0 Å². The first-order valence-electron chi connectivity index (χ1n) is 9.14. The molecule has 2 aliphatic rings. The fourth-order valence-electron chi connectivity index (χ4n) is 3.74. The minimum absolute atomic E-state index is 0.0973. The lowest BCUT2D eigenvalue weighted by Gasteiger charge is -2.28. The van der Waals surface area contributed by atoms with Gasteiger partial charge in [-0.15, -0.1) is 0 Å². The molecule has 2 fully saturated rings. The topological polar surface area (TPSA) is 77.7 Å². The van der Waals surface area contributed by atoms with E-state index in [1.54, 1.807) is 0 Å². The zero-order chi connectivity index (χ0) is 16.9. The van der Waals surface area contributed by atoms with Crippen LogP contribution >= 0.6 is 0 Å². The highest BCUT2D eigenvalue weighted by molar-refractivity contribution is 5.74. The van der Waals surface area contributed by atoms with E-state index in [9.17, 15) is 9.90 Å². The maximum Gasteiger partial charge on any atom is 0.315 e. The van der Waals surface area contributed by atoms with E-state index < -0.39 is 0 Å². The van der Waals surface area contributed by atoms with Crippen LogP contribution < -0.4 is 10.6 Å². The van der Waals surface area contributed by atoms with Gasteiger partial charge in [0.1, 0.15) is 11.5 Å². The van der Waals surface area contributed by atoms with Gasteiger partial charge in [-0.2, -0.15) is 0 Å². The minimum atomic E-state index is -0.201. The Morgan fingerprint density at radius 3 is 2.62 bits per heavy atom. The first kappa shape index (κ1) is 17.3. The summed E-state index contributed by atoms with van der Waals surface area (Å²) < 4.78 is 5.81. The van der Waals surface area contributed by atoms with Crippen molar-refractivity contribution in [3.05, 3.63) is 23.7 Å². The van der Waals surface area contributed by atoms with Gasteiger partial charge in [-0.3, -0.25) is 4.90 Å². The molecule has 2 heterocycles. The standard InChI is InChI=1S/C18H29N3O3/c1-13-4-9-17(24-13)16(21-10-2-3-11-21)12-19-18(23)20-14-5-7-15(22)8-6-14/h4,9,14-16,22H,2-3,5-8,10-12H2,1H3,(H2,19,20,23). The summed E-state index contributed by atoms with van der Waals surface area (Å²) in [7, 11) is 0. The molecule has 1 aromatic heterocycles. The predicted octanol–water partition coefficient (Wildman–Crippen LogP) is 2.33. The second-order valence-electron chi connectivity index (χ2n) is 7.07. The zero-order valence-corrected chi connectivity index (χ0v) is 14.5. The van der Waals surface area contributed by atoms with E-state index in [0.717, 1.165) is 50.3 Å². The highest BCUT2D eigenvalue weighted by atomic mass is 16.3. The average Bonchev–Trinajstić information content (AvgIpc) is 3.22. The Balaban J connectivity index is 1.52. The number of carbonyl (C=O) groups excluding carboxylic acids is 1. The predicted molar refractivity (Wildman–Crippen MR) is 91.8 cm³/mol. The van der Waals surface area contributed by atoms with Crippen LogP contribution in [0.4, 0.5) is 4.79 Å². The van der Waals surface area contributed by atoms with Gasteiger partial charge in [-0.25, -0.2) is 4.79 Å². The molecule has 24 heavy (non-hydrogen) atoms. The largest absolute Gasteiger partial charge is 0.465 e. The number of carbonyl (C=O) groups is 1. The maximum atomic E-state index is 12.2. The van der Waals surface area contributed by atoms with Gasteiger partial charge in [0.05, 0.1) is 12.1 Å². The number of amides is 2. The van der Waals surface area contributed by atoms with Crippen molar-refractivity contribution in [3.8, 4) is 0 Å². The first-order valence-corrected chi connectivity index (χ1v) is 9.14. The number of hydrogen-bond acceptors (Lipinski definition) is 4. The lowest BCUT2D eigenvalue weighted by molar-refractivity contribution is 0.117. The molecular formula is C18H29N3O3. The summed E-state index contributed by atoms with van der Waals surface area (Å²) in [6.45, 7) is 4.60. The molecule has 1 aliphatic heterocycles. The molecule has 0 radical (unpaired) electrons. The Morgan fingerprint density at radius 1 is 1.29 bits per heavy atom. The van der Waals surface area contributed by atoms with E-state index in [1.165, 1.54) is 12.8 Å². The number of hydrogen-bond donors (Lipinski definition) is 3. The molecule has 1 saturated heterocycles. The molecule has 0 spiro atoms. The summed E-state index contributed by atoms with van der Waals surface area (Å²) >= 11 is 0. The van der Waals surface area contributed by atoms with Crippen LogP contribution in [0.25, 0.3) is 0 Å². The molecule has 1 aliphatic carbocycles. The second-order valence-corrected chi connectivity index (χ2v) is 7.07.